The molecule has 104 valence electrons. The van der Waals surface area contributed by atoms with E-state index in [9.17, 15) is 0 Å². The van der Waals surface area contributed by atoms with E-state index < -0.39 is 0 Å². The minimum absolute atomic E-state index is 0.976. The molecule has 0 aromatic rings. The second-order valence-electron chi connectivity index (χ2n) is 7.81. The first kappa shape index (κ1) is 13.0. The molecule has 6 atom stereocenters. The monoisotopic (exact) mass is 248 g/mol. The third-order valence-corrected chi connectivity index (χ3v) is 7.26. The van der Waals surface area contributed by atoms with Crippen LogP contribution in [0, 0.1) is 41.4 Å². The summed E-state index contributed by atoms with van der Waals surface area (Å²) < 4.78 is 0. The van der Waals surface area contributed by atoms with Crippen LogP contribution in [0.4, 0.5) is 0 Å². The Balaban J connectivity index is 1.78. The lowest BCUT2D eigenvalue weighted by Crippen LogP contribution is -2.35. The molecule has 3 fully saturated rings. The Morgan fingerprint density at radius 1 is 0.556 bits per heavy atom. The highest BCUT2D eigenvalue weighted by atomic mass is 14.5. The molecular formula is C18H32. The highest BCUT2D eigenvalue weighted by Gasteiger charge is 2.50. The lowest BCUT2D eigenvalue weighted by molar-refractivity contribution is 0.0672. The van der Waals surface area contributed by atoms with Gasteiger partial charge >= 0.3 is 0 Å². The minimum Gasteiger partial charge on any atom is -0.0620 e. The largest absolute Gasteiger partial charge is 0.0620 e. The molecule has 3 aliphatic rings. The van der Waals surface area contributed by atoms with Crippen molar-refractivity contribution in [3.05, 3.63) is 0 Å². The van der Waals surface area contributed by atoms with Gasteiger partial charge in [0.15, 0.2) is 0 Å². The molecule has 0 aromatic carbocycles. The predicted molar refractivity (Wildman–Crippen MR) is 78.4 cm³/mol. The lowest BCUT2D eigenvalue weighted by Gasteiger charge is -2.43. The Kier molecular flexibility index (Phi) is 3.74. The Hall–Kier alpha value is 0. The van der Waals surface area contributed by atoms with Crippen LogP contribution in [0.3, 0.4) is 0 Å². The molecule has 0 heteroatoms. The second kappa shape index (κ2) is 5.17. The highest BCUT2D eigenvalue weighted by Crippen LogP contribution is 2.57. The van der Waals surface area contributed by atoms with Crippen LogP contribution in [0.2, 0.25) is 0 Å². The van der Waals surface area contributed by atoms with Gasteiger partial charge in [0.2, 0.25) is 0 Å². The average molecular weight is 248 g/mol. The van der Waals surface area contributed by atoms with Gasteiger partial charge in [-0.25, -0.2) is 0 Å². The van der Waals surface area contributed by atoms with Crippen molar-refractivity contribution in [2.24, 2.45) is 41.4 Å². The first-order valence-corrected chi connectivity index (χ1v) is 8.70. The molecule has 18 heavy (non-hydrogen) atoms. The van der Waals surface area contributed by atoms with E-state index in [1.54, 1.807) is 25.7 Å². The Bertz CT molecular complexity index is 276. The molecule has 0 N–H and O–H groups in total. The van der Waals surface area contributed by atoms with Crippen molar-refractivity contribution in [3.63, 3.8) is 0 Å². The SMILES string of the molecule is CC1C2CCCC(C3CCCCC3)C2C(C)[C@@H]1C. The van der Waals surface area contributed by atoms with Crippen LogP contribution in [-0.2, 0) is 0 Å². The van der Waals surface area contributed by atoms with Crippen molar-refractivity contribution >= 4 is 0 Å². The van der Waals surface area contributed by atoms with E-state index in [1.165, 1.54) is 25.7 Å². The number of hydrogen-bond acceptors (Lipinski definition) is 0. The molecule has 3 rings (SSSR count). The van der Waals surface area contributed by atoms with E-state index in [1.807, 2.05) is 0 Å². The second-order valence-corrected chi connectivity index (χ2v) is 7.81. The zero-order valence-corrected chi connectivity index (χ0v) is 12.7. The summed E-state index contributed by atoms with van der Waals surface area (Å²) in [7, 11) is 0. The maximum atomic E-state index is 2.58. The predicted octanol–water partition coefficient (Wildman–Crippen LogP) is 5.52. The van der Waals surface area contributed by atoms with Crippen LogP contribution in [0.15, 0.2) is 0 Å². The third-order valence-electron chi connectivity index (χ3n) is 7.26. The van der Waals surface area contributed by atoms with E-state index in [0.717, 1.165) is 41.4 Å². The third kappa shape index (κ3) is 2.04. The summed E-state index contributed by atoms with van der Waals surface area (Å²) >= 11 is 0. The van der Waals surface area contributed by atoms with Crippen molar-refractivity contribution in [2.75, 3.05) is 0 Å². The van der Waals surface area contributed by atoms with Gasteiger partial charge in [-0.3, -0.25) is 0 Å². The first-order valence-electron chi connectivity index (χ1n) is 8.70. The molecule has 0 amide bonds. The Morgan fingerprint density at radius 3 is 1.94 bits per heavy atom. The van der Waals surface area contributed by atoms with Crippen LogP contribution in [0.25, 0.3) is 0 Å². The quantitative estimate of drug-likeness (QED) is 0.573. The van der Waals surface area contributed by atoms with Gasteiger partial charge in [0.25, 0.3) is 0 Å². The minimum atomic E-state index is 0.976. The van der Waals surface area contributed by atoms with Gasteiger partial charge in [0, 0.05) is 0 Å². The molecule has 3 aliphatic carbocycles. The van der Waals surface area contributed by atoms with Crippen LogP contribution < -0.4 is 0 Å². The Labute approximate surface area is 114 Å². The summed E-state index contributed by atoms with van der Waals surface area (Å²) in [5, 5.41) is 0. The van der Waals surface area contributed by atoms with Gasteiger partial charge in [0.1, 0.15) is 0 Å². The van der Waals surface area contributed by atoms with Gasteiger partial charge in [-0.15, -0.1) is 0 Å². The zero-order valence-electron chi connectivity index (χ0n) is 12.7. The lowest BCUT2D eigenvalue weighted by atomic mass is 9.62. The van der Waals surface area contributed by atoms with Crippen molar-refractivity contribution < 1.29 is 0 Å². The summed E-state index contributed by atoms with van der Waals surface area (Å²) in [6.07, 6.45) is 12.3. The number of fused-ring (bicyclic) bond motifs is 1. The fourth-order valence-corrected chi connectivity index (χ4v) is 6.02. The highest BCUT2D eigenvalue weighted by molar-refractivity contribution is 4.98. The van der Waals surface area contributed by atoms with E-state index >= 15 is 0 Å². The standard InChI is InChI=1S/C18H32/c1-12-13(2)16-10-7-11-17(18(16)14(12)3)15-8-5-4-6-9-15/h12-18H,4-11H2,1-3H3/t12-,13?,14?,16?,17?,18?/m1/s1. The zero-order chi connectivity index (χ0) is 12.7. The van der Waals surface area contributed by atoms with Gasteiger partial charge < -0.3 is 0 Å². The molecule has 0 saturated heterocycles. The molecule has 0 radical (unpaired) electrons. The molecular weight excluding hydrogens is 216 g/mol. The summed E-state index contributed by atoms with van der Waals surface area (Å²) in [5.41, 5.74) is 0. The number of rotatable bonds is 1. The summed E-state index contributed by atoms with van der Waals surface area (Å²) in [4.78, 5) is 0. The first-order chi connectivity index (χ1) is 8.70. The Morgan fingerprint density at radius 2 is 1.22 bits per heavy atom. The molecule has 0 aliphatic heterocycles. The normalized spacial score (nSPS) is 50.2. The molecule has 0 nitrogen and oxygen atoms in total. The van der Waals surface area contributed by atoms with Gasteiger partial charge in [-0.2, -0.15) is 0 Å². The summed E-state index contributed by atoms with van der Waals surface area (Å²) in [5.74, 6) is 7.35. The average Bonchev–Trinajstić information content (AvgIpc) is 2.65. The fraction of sp³-hybridized carbons (Fsp3) is 1.00. The molecule has 0 heterocycles. The smallest absolute Gasteiger partial charge is 0.0324 e. The van der Waals surface area contributed by atoms with E-state index in [-0.39, 0.29) is 0 Å². The molecule has 0 spiro atoms. The molecule has 0 aromatic heterocycles. The van der Waals surface area contributed by atoms with Gasteiger partial charge in [-0.05, 0) is 54.3 Å². The topological polar surface area (TPSA) is 0 Å². The van der Waals surface area contributed by atoms with Crippen LogP contribution in [0.5, 0.6) is 0 Å². The van der Waals surface area contributed by atoms with Crippen molar-refractivity contribution in [1.82, 2.24) is 0 Å². The summed E-state index contributed by atoms with van der Waals surface area (Å²) in [6, 6.07) is 0. The van der Waals surface area contributed by atoms with Crippen molar-refractivity contribution in [1.29, 1.82) is 0 Å². The summed E-state index contributed by atoms with van der Waals surface area (Å²) in [6.45, 7) is 7.66. The van der Waals surface area contributed by atoms with Crippen LogP contribution >= 0.6 is 0 Å². The van der Waals surface area contributed by atoms with E-state index in [0.29, 0.717) is 0 Å². The maximum Gasteiger partial charge on any atom is -0.0324 e. The van der Waals surface area contributed by atoms with Crippen LogP contribution in [0.1, 0.15) is 72.1 Å². The maximum absolute atomic E-state index is 2.58. The van der Waals surface area contributed by atoms with E-state index in [4.69, 9.17) is 0 Å². The fourth-order valence-electron chi connectivity index (χ4n) is 6.02. The van der Waals surface area contributed by atoms with Gasteiger partial charge in [-0.1, -0.05) is 59.3 Å². The van der Waals surface area contributed by atoms with Gasteiger partial charge in [0.05, 0.1) is 0 Å². The van der Waals surface area contributed by atoms with Crippen LogP contribution in [-0.4, -0.2) is 0 Å². The molecule has 5 unspecified atom stereocenters. The molecule has 3 saturated carbocycles. The number of hydrogen-bond donors (Lipinski definition) is 0. The van der Waals surface area contributed by atoms with E-state index in [2.05, 4.69) is 20.8 Å². The molecule has 0 bridgehead atoms. The van der Waals surface area contributed by atoms with Crippen molar-refractivity contribution in [3.8, 4) is 0 Å². The van der Waals surface area contributed by atoms with Crippen molar-refractivity contribution in [2.45, 2.75) is 72.1 Å².